The van der Waals surface area contributed by atoms with Crippen molar-refractivity contribution in [3.05, 3.63) is 39.3 Å². The van der Waals surface area contributed by atoms with Crippen molar-refractivity contribution in [1.82, 2.24) is 15.2 Å². The highest BCUT2D eigenvalue weighted by atomic mass is 35.5. The first-order chi connectivity index (χ1) is 15.3. The van der Waals surface area contributed by atoms with E-state index < -0.39 is 11.4 Å². The molecule has 1 saturated heterocycles. The summed E-state index contributed by atoms with van der Waals surface area (Å²) in [5, 5.41) is 15.3. The van der Waals surface area contributed by atoms with Gasteiger partial charge in [0.15, 0.2) is 5.13 Å². The number of rotatable bonds is 5. The van der Waals surface area contributed by atoms with E-state index in [4.69, 9.17) is 28.3 Å². The first kappa shape index (κ1) is 22.6. The van der Waals surface area contributed by atoms with Crippen LogP contribution in [0.25, 0.3) is 0 Å². The Morgan fingerprint density at radius 3 is 2.75 bits per heavy atom. The molecule has 12 heteroatoms. The molecule has 2 aliphatic rings. The van der Waals surface area contributed by atoms with Crippen molar-refractivity contribution in [2.45, 2.75) is 24.7 Å². The molecule has 0 aliphatic carbocycles. The normalized spacial score (nSPS) is 19.3. The maximum absolute atomic E-state index is 13.0. The fourth-order valence-corrected chi connectivity index (χ4v) is 5.21. The average Bonchev–Trinajstić information content (AvgIpc) is 3.44. The Hall–Kier alpha value is -2.56. The zero-order chi connectivity index (χ0) is 22.9. The Bertz CT molecular complexity index is 1060. The van der Waals surface area contributed by atoms with Crippen molar-refractivity contribution >= 4 is 63.4 Å². The Balaban J connectivity index is 1.48. The summed E-state index contributed by atoms with van der Waals surface area (Å²) in [5.74, 6) is -0.891. The van der Waals surface area contributed by atoms with Gasteiger partial charge in [0, 0.05) is 48.7 Å². The quantitative estimate of drug-likeness (QED) is 0.539. The molecule has 4 amide bonds. The number of aliphatic carboxylic acids is 1. The van der Waals surface area contributed by atoms with Gasteiger partial charge in [-0.1, -0.05) is 34.5 Å². The van der Waals surface area contributed by atoms with E-state index in [1.54, 1.807) is 15.9 Å². The molecule has 2 aromatic rings. The number of carbonyl (C=O) groups is 3. The molecule has 1 aromatic heterocycles. The molecule has 3 N–H and O–H groups in total. The second kappa shape index (κ2) is 9.13. The van der Waals surface area contributed by atoms with E-state index >= 15 is 0 Å². The SMILES string of the molecule is O=C(O)CCCNC(=O)N1CCC2(C1)CN(C(=O)Nc1ncc(Cl)s1)c1ccc(Cl)cc12. The van der Waals surface area contributed by atoms with Crippen LogP contribution in [0.5, 0.6) is 0 Å². The van der Waals surface area contributed by atoms with Crippen LogP contribution in [-0.4, -0.2) is 59.2 Å². The van der Waals surface area contributed by atoms with Crippen molar-refractivity contribution < 1.29 is 19.5 Å². The van der Waals surface area contributed by atoms with E-state index in [0.717, 1.165) is 11.3 Å². The van der Waals surface area contributed by atoms with Gasteiger partial charge in [-0.3, -0.25) is 15.0 Å². The van der Waals surface area contributed by atoms with Crippen molar-refractivity contribution in [3.63, 3.8) is 0 Å². The van der Waals surface area contributed by atoms with Gasteiger partial charge in [-0.15, -0.1) is 0 Å². The zero-order valence-corrected chi connectivity index (χ0v) is 19.3. The van der Waals surface area contributed by atoms with Crippen LogP contribution in [0.2, 0.25) is 9.36 Å². The fourth-order valence-electron chi connectivity index (χ4n) is 4.24. The number of carboxylic acid groups (broad SMARTS) is 1. The molecule has 0 radical (unpaired) electrons. The molecule has 0 bridgehead atoms. The molecular weight excluding hydrogens is 477 g/mol. The minimum absolute atomic E-state index is 0.00444. The molecule has 1 aromatic carbocycles. The number of halogens is 2. The van der Waals surface area contributed by atoms with Crippen molar-refractivity contribution in [3.8, 4) is 0 Å². The van der Waals surface area contributed by atoms with Gasteiger partial charge in [-0.25, -0.2) is 14.6 Å². The summed E-state index contributed by atoms with van der Waals surface area (Å²) in [6.07, 6.45) is 2.53. The number of likely N-dealkylation sites (tertiary alicyclic amines) is 1. The zero-order valence-electron chi connectivity index (χ0n) is 16.9. The monoisotopic (exact) mass is 497 g/mol. The summed E-state index contributed by atoms with van der Waals surface area (Å²) in [4.78, 5) is 43.7. The van der Waals surface area contributed by atoms with Crippen LogP contribution in [0, 0.1) is 0 Å². The van der Waals surface area contributed by atoms with E-state index in [-0.39, 0.29) is 18.5 Å². The lowest BCUT2D eigenvalue weighted by atomic mass is 9.81. The summed E-state index contributed by atoms with van der Waals surface area (Å²) < 4.78 is 0.478. The number of carboxylic acids is 1. The third-order valence-electron chi connectivity index (χ3n) is 5.70. The predicted octanol–water partition coefficient (Wildman–Crippen LogP) is 4.02. The first-order valence-electron chi connectivity index (χ1n) is 10.0. The molecule has 1 fully saturated rings. The number of nitrogens with one attached hydrogen (secondary N) is 2. The van der Waals surface area contributed by atoms with Crippen LogP contribution in [-0.2, 0) is 10.2 Å². The van der Waals surface area contributed by atoms with Crippen LogP contribution in [0.3, 0.4) is 0 Å². The van der Waals surface area contributed by atoms with Gasteiger partial charge in [0.2, 0.25) is 0 Å². The molecule has 3 heterocycles. The van der Waals surface area contributed by atoms with Gasteiger partial charge in [0.25, 0.3) is 0 Å². The van der Waals surface area contributed by atoms with E-state index in [2.05, 4.69) is 15.6 Å². The van der Waals surface area contributed by atoms with Gasteiger partial charge in [-0.2, -0.15) is 0 Å². The largest absolute Gasteiger partial charge is 0.481 e. The highest BCUT2D eigenvalue weighted by molar-refractivity contribution is 7.19. The van der Waals surface area contributed by atoms with Crippen molar-refractivity contribution in [2.24, 2.45) is 0 Å². The summed E-state index contributed by atoms with van der Waals surface area (Å²) in [5.41, 5.74) is 1.24. The van der Waals surface area contributed by atoms with Crippen molar-refractivity contribution in [2.75, 3.05) is 36.4 Å². The van der Waals surface area contributed by atoms with Gasteiger partial charge < -0.3 is 15.3 Å². The number of hydrogen-bond acceptors (Lipinski definition) is 5. The number of fused-ring (bicyclic) bond motifs is 2. The second-order valence-electron chi connectivity index (χ2n) is 7.83. The summed E-state index contributed by atoms with van der Waals surface area (Å²) in [7, 11) is 0. The molecule has 1 unspecified atom stereocenters. The van der Waals surface area contributed by atoms with Gasteiger partial charge in [0.05, 0.1) is 6.20 Å². The Labute approximate surface area is 198 Å². The molecular formula is C20H21Cl2N5O4S. The first-order valence-corrected chi connectivity index (χ1v) is 11.6. The number of anilines is 2. The number of thiazole rings is 1. The smallest absolute Gasteiger partial charge is 0.328 e. The highest BCUT2D eigenvalue weighted by Crippen LogP contribution is 2.47. The third kappa shape index (κ3) is 4.62. The third-order valence-corrected chi connectivity index (χ3v) is 6.97. The number of aromatic nitrogens is 1. The molecule has 1 spiro atoms. The highest BCUT2D eigenvalue weighted by Gasteiger charge is 2.50. The van der Waals surface area contributed by atoms with Crippen LogP contribution in [0.1, 0.15) is 24.8 Å². The van der Waals surface area contributed by atoms with Gasteiger partial charge in [-0.05, 0) is 36.6 Å². The molecule has 4 rings (SSSR count). The minimum atomic E-state index is -0.891. The van der Waals surface area contributed by atoms with Crippen LogP contribution < -0.4 is 15.5 Å². The maximum Gasteiger partial charge on any atom is 0.328 e. The lowest BCUT2D eigenvalue weighted by Gasteiger charge is -2.26. The van der Waals surface area contributed by atoms with E-state index in [0.29, 0.717) is 53.5 Å². The fraction of sp³-hybridized carbons (Fsp3) is 0.400. The van der Waals surface area contributed by atoms with Gasteiger partial charge in [0.1, 0.15) is 4.34 Å². The van der Waals surface area contributed by atoms with Crippen molar-refractivity contribution in [1.29, 1.82) is 0 Å². The van der Waals surface area contributed by atoms with Crippen LogP contribution in [0.15, 0.2) is 24.4 Å². The molecule has 2 aliphatic heterocycles. The Kier molecular flexibility index (Phi) is 6.45. The van der Waals surface area contributed by atoms with Crippen LogP contribution in [0.4, 0.5) is 20.4 Å². The summed E-state index contributed by atoms with van der Waals surface area (Å²) in [6, 6.07) is 4.85. The minimum Gasteiger partial charge on any atom is -0.481 e. The topological polar surface area (TPSA) is 115 Å². The Morgan fingerprint density at radius 2 is 2.03 bits per heavy atom. The summed E-state index contributed by atoms with van der Waals surface area (Å²) in [6.45, 7) is 1.64. The molecule has 9 nitrogen and oxygen atoms in total. The maximum atomic E-state index is 13.0. The number of carbonyl (C=O) groups excluding carboxylic acids is 2. The molecule has 170 valence electrons. The number of hydrogen-bond donors (Lipinski definition) is 3. The Morgan fingerprint density at radius 1 is 1.22 bits per heavy atom. The number of benzene rings is 1. The standard InChI is InChI=1S/C20H21Cl2N5O4S/c21-12-3-4-14-13(8-12)20(11-27(14)19(31)25-17-24-9-15(22)32-17)5-7-26(10-20)18(30)23-6-1-2-16(28)29/h3-4,8-9H,1-2,5-7,10-11H2,(H,23,30)(H,28,29)(H,24,25,31). The van der Waals surface area contributed by atoms with E-state index in [1.165, 1.54) is 17.5 Å². The predicted molar refractivity (Wildman–Crippen MR) is 123 cm³/mol. The average molecular weight is 498 g/mol. The van der Waals surface area contributed by atoms with E-state index in [1.807, 2.05) is 12.1 Å². The van der Waals surface area contributed by atoms with Crippen LogP contribution >= 0.6 is 34.5 Å². The van der Waals surface area contributed by atoms with Gasteiger partial charge >= 0.3 is 18.0 Å². The molecule has 1 atom stereocenters. The number of nitrogens with zero attached hydrogens (tertiary/aromatic N) is 3. The number of amides is 4. The lowest BCUT2D eigenvalue weighted by Crippen LogP contribution is -2.44. The molecule has 32 heavy (non-hydrogen) atoms. The van der Waals surface area contributed by atoms with E-state index in [9.17, 15) is 14.4 Å². The second-order valence-corrected chi connectivity index (χ2v) is 9.93. The lowest BCUT2D eigenvalue weighted by molar-refractivity contribution is -0.137. The number of urea groups is 2. The molecule has 0 saturated carbocycles. The summed E-state index contributed by atoms with van der Waals surface area (Å²) >= 11 is 13.4.